The van der Waals surface area contributed by atoms with Crippen LogP contribution in [-0.4, -0.2) is 16.1 Å². The number of hydrogen-bond acceptors (Lipinski definition) is 2. The van der Waals surface area contributed by atoms with Crippen LogP contribution in [0.4, 0.5) is 0 Å². The molecular weight excluding hydrogens is 242 g/mol. The molecule has 1 aromatic carbocycles. The van der Waals surface area contributed by atoms with Crippen LogP contribution in [0.5, 0.6) is 0 Å². The molecule has 0 aliphatic carbocycles. The van der Waals surface area contributed by atoms with Crippen LogP contribution in [0.2, 0.25) is 0 Å². The van der Waals surface area contributed by atoms with Gasteiger partial charge in [0, 0.05) is 0 Å². The summed E-state index contributed by atoms with van der Waals surface area (Å²) in [5.41, 5.74) is 2.69. The number of aromatic nitrogens is 1. The number of carbonyl (C=O) groups is 1. The van der Waals surface area contributed by atoms with E-state index in [1.165, 1.54) is 11.6 Å². The van der Waals surface area contributed by atoms with Crippen molar-refractivity contribution in [3.8, 4) is 11.3 Å². The first-order valence-corrected chi connectivity index (χ1v) is 6.09. The van der Waals surface area contributed by atoms with Gasteiger partial charge in [-0.2, -0.15) is 0 Å². The zero-order valence-electron chi connectivity index (χ0n) is 10.9. The van der Waals surface area contributed by atoms with Crippen LogP contribution in [0.25, 0.3) is 11.3 Å². The first-order valence-electron chi connectivity index (χ1n) is 6.09. The molecule has 98 valence electrons. The van der Waals surface area contributed by atoms with E-state index in [2.05, 4.69) is 11.9 Å². The van der Waals surface area contributed by atoms with Gasteiger partial charge in [0.25, 0.3) is 5.56 Å². The molecule has 0 spiro atoms. The first-order chi connectivity index (χ1) is 9.02. The van der Waals surface area contributed by atoms with Crippen molar-refractivity contribution in [1.82, 2.24) is 4.98 Å². The van der Waals surface area contributed by atoms with Crippen LogP contribution in [0, 0.1) is 6.92 Å². The van der Waals surface area contributed by atoms with Gasteiger partial charge in [0.05, 0.1) is 5.69 Å². The molecule has 4 heteroatoms. The van der Waals surface area contributed by atoms with Crippen molar-refractivity contribution in [3.05, 3.63) is 57.4 Å². The molecule has 0 bridgehead atoms. The maximum atomic E-state index is 11.7. The first kappa shape index (κ1) is 13.1. The van der Waals surface area contributed by atoms with Crippen molar-refractivity contribution < 1.29 is 9.90 Å². The van der Waals surface area contributed by atoms with Crippen molar-refractivity contribution in [2.24, 2.45) is 0 Å². The zero-order chi connectivity index (χ0) is 14.0. The summed E-state index contributed by atoms with van der Waals surface area (Å²) in [7, 11) is 0. The number of carboxylic acid groups (broad SMARTS) is 1. The number of benzene rings is 1. The summed E-state index contributed by atoms with van der Waals surface area (Å²) in [5.74, 6) is -1.21. The minimum Gasteiger partial charge on any atom is -0.477 e. The molecule has 0 unspecified atom stereocenters. The molecule has 0 fully saturated rings. The van der Waals surface area contributed by atoms with E-state index in [4.69, 9.17) is 5.11 Å². The highest BCUT2D eigenvalue weighted by Crippen LogP contribution is 2.20. The number of nitrogens with one attached hydrogen (secondary N) is 1. The van der Waals surface area contributed by atoms with Crippen LogP contribution in [0.3, 0.4) is 0 Å². The Balaban J connectivity index is 2.53. The number of pyridine rings is 1. The Bertz CT molecular complexity index is 669. The second-order valence-electron chi connectivity index (χ2n) is 4.43. The molecule has 0 atom stereocenters. The number of aromatic amines is 1. The minimum atomic E-state index is -1.21. The fourth-order valence-electron chi connectivity index (χ4n) is 2.00. The fourth-order valence-corrected chi connectivity index (χ4v) is 2.00. The van der Waals surface area contributed by atoms with E-state index in [0.29, 0.717) is 5.69 Å². The molecule has 0 aliphatic rings. The van der Waals surface area contributed by atoms with E-state index in [1.54, 1.807) is 6.92 Å². The molecular formula is C15H15NO3. The lowest BCUT2D eigenvalue weighted by Crippen LogP contribution is -2.18. The van der Waals surface area contributed by atoms with E-state index in [9.17, 15) is 9.59 Å². The summed E-state index contributed by atoms with van der Waals surface area (Å²) in [4.78, 5) is 25.2. The van der Waals surface area contributed by atoms with Gasteiger partial charge in [-0.1, -0.05) is 31.2 Å². The van der Waals surface area contributed by atoms with Gasteiger partial charge in [0.15, 0.2) is 0 Å². The van der Waals surface area contributed by atoms with Gasteiger partial charge >= 0.3 is 5.97 Å². The molecule has 0 radical (unpaired) electrons. The third-order valence-corrected chi connectivity index (χ3v) is 3.12. The number of hydrogen-bond donors (Lipinski definition) is 2. The third-order valence-electron chi connectivity index (χ3n) is 3.12. The monoisotopic (exact) mass is 257 g/mol. The highest BCUT2D eigenvalue weighted by Gasteiger charge is 2.12. The van der Waals surface area contributed by atoms with Crippen molar-refractivity contribution >= 4 is 5.97 Å². The Morgan fingerprint density at radius 1 is 1.26 bits per heavy atom. The molecule has 0 saturated carbocycles. The molecule has 0 aliphatic heterocycles. The van der Waals surface area contributed by atoms with E-state index in [1.807, 2.05) is 24.3 Å². The van der Waals surface area contributed by atoms with Crippen LogP contribution >= 0.6 is 0 Å². The van der Waals surface area contributed by atoms with Crippen LogP contribution in [0.1, 0.15) is 28.4 Å². The highest BCUT2D eigenvalue weighted by atomic mass is 16.4. The lowest BCUT2D eigenvalue weighted by Gasteiger charge is -2.07. The Labute approximate surface area is 110 Å². The maximum absolute atomic E-state index is 11.7. The Kier molecular flexibility index (Phi) is 3.51. The average Bonchev–Trinajstić information content (AvgIpc) is 2.41. The van der Waals surface area contributed by atoms with Crippen molar-refractivity contribution in [3.63, 3.8) is 0 Å². The third kappa shape index (κ3) is 2.57. The predicted octanol–water partition coefficient (Wildman–Crippen LogP) is 2.61. The average molecular weight is 257 g/mol. The Hall–Kier alpha value is -2.36. The van der Waals surface area contributed by atoms with E-state index >= 15 is 0 Å². The molecule has 0 amide bonds. The summed E-state index contributed by atoms with van der Waals surface area (Å²) in [6.07, 6.45) is 0.952. The molecule has 1 aromatic heterocycles. The second kappa shape index (κ2) is 5.10. The van der Waals surface area contributed by atoms with Gasteiger partial charge in [0.2, 0.25) is 0 Å². The van der Waals surface area contributed by atoms with Crippen LogP contribution in [0.15, 0.2) is 35.1 Å². The normalized spacial score (nSPS) is 10.4. The molecule has 2 rings (SSSR count). The van der Waals surface area contributed by atoms with Gasteiger partial charge in [0.1, 0.15) is 5.56 Å². The topological polar surface area (TPSA) is 70.2 Å². The van der Waals surface area contributed by atoms with Gasteiger partial charge in [-0.3, -0.25) is 4.79 Å². The van der Waals surface area contributed by atoms with E-state index < -0.39 is 11.5 Å². The number of rotatable bonds is 3. The van der Waals surface area contributed by atoms with Crippen molar-refractivity contribution in [2.45, 2.75) is 20.3 Å². The minimum absolute atomic E-state index is 0.230. The predicted molar refractivity (Wildman–Crippen MR) is 73.6 cm³/mol. The van der Waals surface area contributed by atoms with Crippen molar-refractivity contribution in [1.29, 1.82) is 0 Å². The van der Waals surface area contributed by atoms with E-state index in [-0.39, 0.29) is 5.56 Å². The van der Waals surface area contributed by atoms with Gasteiger partial charge in [-0.05, 0) is 36.1 Å². The number of aryl methyl sites for hydroxylation is 2. The number of carboxylic acids is 1. The van der Waals surface area contributed by atoms with Crippen molar-refractivity contribution in [2.75, 3.05) is 0 Å². The molecule has 0 saturated heterocycles. The quantitative estimate of drug-likeness (QED) is 0.887. The van der Waals surface area contributed by atoms with Gasteiger partial charge in [-0.15, -0.1) is 0 Å². The lowest BCUT2D eigenvalue weighted by atomic mass is 10.0. The van der Waals surface area contributed by atoms with Crippen LogP contribution in [-0.2, 0) is 6.42 Å². The summed E-state index contributed by atoms with van der Waals surface area (Å²) in [5, 5.41) is 8.90. The fraction of sp³-hybridized carbons (Fsp3) is 0.200. The molecule has 2 aromatic rings. The largest absolute Gasteiger partial charge is 0.477 e. The lowest BCUT2D eigenvalue weighted by molar-refractivity contribution is 0.0695. The number of H-pyrrole nitrogens is 1. The molecule has 19 heavy (non-hydrogen) atoms. The van der Waals surface area contributed by atoms with Gasteiger partial charge in [-0.25, -0.2) is 4.79 Å². The summed E-state index contributed by atoms with van der Waals surface area (Å²) in [6.45, 7) is 3.86. The standard InChI is InChI=1S/C15H15NO3/c1-3-10-4-6-11(7-5-10)13-9(2)8-12(15(18)19)14(17)16-13/h4-8H,3H2,1-2H3,(H,16,17)(H,18,19). The van der Waals surface area contributed by atoms with E-state index in [0.717, 1.165) is 17.5 Å². The van der Waals surface area contributed by atoms with Gasteiger partial charge < -0.3 is 10.1 Å². The Morgan fingerprint density at radius 3 is 2.42 bits per heavy atom. The second-order valence-corrected chi connectivity index (χ2v) is 4.43. The summed E-state index contributed by atoms with van der Waals surface area (Å²) < 4.78 is 0. The molecule has 1 heterocycles. The SMILES string of the molecule is CCc1ccc(-c2[nH]c(=O)c(C(=O)O)cc2C)cc1. The smallest absolute Gasteiger partial charge is 0.341 e. The molecule has 2 N–H and O–H groups in total. The highest BCUT2D eigenvalue weighted by molar-refractivity contribution is 5.88. The summed E-state index contributed by atoms with van der Waals surface area (Å²) >= 11 is 0. The summed E-state index contributed by atoms with van der Waals surface area (Å²) in [6, 6.07) is 9.26. The van der Waals surface area contributed by atoms with Crippen LogP contribution < -0.4 is 5.56 Å². The number of aromatic carboxylic acids is 1. The Morgan fingerprint density at radius 2 is 1.89 bits per heavy atom. The maximum Gasteiger partial charge on any atom is 0.341 e. The zero-order valence-corrected chi connectivity index (χ0v) is 10.9. The molecule has 4 nitrogen and oxygen atoms in total.